The van der Waals surface area contributed by atoms with E-state index in [1.54, 1.807) is 42.2 Å². The van der Waals surface area contributed by atoms with Gasteiger partial charge in [-0.05, 0) is 24.3 Å². The number of hydrogen-bond donors (Lipinski definition) is 2. The van der Waals surface area contributed by atoms with Crippen molar-refractivity contribution < 1.29 is 4.74 Å². The summed E-state index contributed by atoms with van der Waals surface area (Å²) in [4.78, 5) is 8.56. The van der Waals surface area contributed by atoms with Crippen molar-refractivity contribution in [3.63, 3.8) is 0 Å². The van der Waals surface area contributed by atoms with E-state index >= 15 is 0 Å². The van der Waals surface area contributed by atoms with Gasteiger partial charge in [0.05, 0.1) is 29.8 Å². The molecule has 3 rings (SSSR count). The number of nitrogens with zero attached hydrogens (tertiary/aromatic N) is 5. The summed E-state index contributed by atoms with van der Waals surface area (Å²) in [5.41, 5.74) is 7.17. The predicted molar refractivity (Wildman–Crippen MR) is 85.9 cm³/mol. The summed E-state index contributed by atoms with van der Waals surface area (Å²) in [5, 5.41) is 16.6. The lowest BCUT2D eigenvalue weighted by atomic mass is 10.2. The Morgan fingerprint density at radius 3 is 2.83 bits per heavy atom. The number of benzene rings is 1. The van der Waals surface area contributed by atoms with E-state index in [0.717, 1.165) is 5.39 Å². The lowest BCUT2D eigenvalue weighted by Crippen LogP contribution is -2.14. The molecule has 0 aliphatic heterocycles. The fourth-order valence-electron chi connectivity index (χ4n) is 2.08. The molecule has 0 aliphatic rings. The first kappa shape index (κ1) is 14.6. The molecule has 0 spiro atoms. The Balaban J connectivity index is 1.58. The second-order valence-corrected chi connectivity index (χ2v) is 4.85. The van der Waals surface area contributed by atoms with E-state index in [1.165, 1.54) is 0 Å². The highest BCUT2D eigenvalue weighted by Crippen LogP contribution is 2.18. The van der Waals surface area contributed by atoms with E-state index in [-0.39, 0.29) is 0 Å². The van der Waals surface area contributed by atoms with Crippen LogP contribution in [0.15, 0.2) is 30.5 Å². The van der Waals surface area contributed by atoms with Gasteiger partial charge >= 0.3 is 0 Å². The van der Waals surface area contributed by atoms with Gasteiger partial charge in [-0.25, -0.2) is 0 Å². The van der Waals surface area contributed by atoms with Crippen LogP contribution in [0.3, 0.4) is 0 Å². The molecular formula is C15H15N7O. The first-order chi connectivity index (χ1) is 11.2. The summed E-state index contributed by atoms with van der Waals surface area (Å²) in [6.07, 6.45) is 1.64. The average molecular weight is 309 g/mol. The van der Waals surface area contributed by atoms with Gasteiger partial charge in [-0.15, -0.1) is 0 Å². The summed E-state index contributed by atoms with van der Waals surface area (Å²) < 4.78 is 7.22. The zero-order valence-electron chi connectivity index (χ0n) is 12.5. The minimum Gasteiger partial charge on any atom is -0.492 e. The SMILES string of the molecule is Cn1ncc2c(N)nc(NCCOc3ccc(C#N)cc3)nc21. The normalized spacial score (nSPS) is 10.4. The maximum absolute atomic E-state index is 8.74. The number of nitrogens with one attached hydrogen (secondary N) is 1. The van der Waals surface area contributed by atoms with Crippen molar-refractivity contribution in [2.75, 3.05) is 24.2 Å². The van der Waals surface area contributed by atoms with Gasteiger partial charge in [0, 0.05) is 7.05 Å². The van der Waals surface area contributed by atoms with E-state index in [0.29, 0.717) is 41.9 Å². The first-order valence-corrected chi connectivity index (χ1v) is 6.99. The molecule has 1 aromatic carbocycles. The van der Waals surface area contributed by atoms with Crippen molar-refractivity contribution in [3.8, 4) is 11.8 Å². The maximum atomic E-state index is 8.74. The van der Waals surface area contributed by atoms with Crippen molar-refractivity contribution in [2.24, 2.45) is 7.05 Å². The third-order valence-electron chi connectivity index (χ3n) is 3.26. The topological polar surface area (TPSA) is 115 Å². The Morgan fingerprint density at radius 1 is 1.30 bits per heavy atom. The van der Waals surface area contributed by atoms with Crippen LogP contribution in [0.4, 0.5) is 11.8 Å². The largest absolute Gasteiger partial charge is 0.492 e. The zero-order valence-corrected chi connectivity index (χ0v) is 12.5. The predicted octanol–water partition coefficient (Wildman–Crippen LogP) is 1.31. The third kappa shape index (κ3) is 3.13. The number of nitriles is 1. The van der Waals surface area contributed by atoms with Gasteiger partial charge in [0.2, 0.25) is 5.95 Å². The van der Waals surface area contributed by atoms with Gasteiger partial charge < -0.3 is 15.8 Å². The molecule has 8 heteroatoms. The molecule has 0 bridgehead atoms. The highest BCUT2D eigenvalue weighted by atomic mass is 16.5. The lowest BCUT2D eigenvalue weighted by molar-refractivity contribution is 0.332. The van der Waals surface area contributed by atoms with Crippen LogP contribution >= 0.6 is 0 Å². The number of ether oxygens (including phenoxy) is 1. The van der Waals surface area contributed by atoms with Crippen LogP contribution < -0.4 is 15.8 Å². The molecule has 3 aromatic rings. The van der Waals surface area contributed by atoms with Crippen molar-refractivity contribution in [1.29, 1.82) is 5.26 Å². The van der Waals surface area contributed by atoms with Crippen LogP contribution in [0.1, 0.15) is 5.56 Å². The molecule has 2 aromatic heterocycles. The zero-order chi connectivity index (χ0) is 16.2. The van der Waals surface area contributed by atoms with E-state index in [4.69, 9.17) is 15.7 Å². The minimum atomic E-state index is 0.388. The van der Waals surface area contributed by atoms with Gasteiger partial charge in [0.15, 0.2) is 5.65 Å². The molecule has 0 unspecified atom stereocenters. The Morgan fingerprint density at radius 2 is 2.09 bits per heavy atom. The fraction of sp³-hybridized carbons (Fsp3) is 0.200. The number of nitrogens with two attached hydrogens (primary N) is 1. The van der Waals surface area contributed by atoms with Gasteiger partial charge in [0.25, 0.3) is 0 Å². The standard InChI is InChI=1S/C15H15N7O/c1-22-14-12(9-19-22)13(17)20-15(21-14)18-6-7-23-11-4-2-10(8-16)3-5-11/h2-5,9H,6-7H2,1H3,(H3,17,18,20,21). The highest BCUT2D eigenvalue weighted by Gasteiger charge is 2.08. The summed E-state index contributed by atoms with van der Waals surface area (Å²) in [6.45, 7) is 0.946. The molecule has 0 amide bonds. The number of aromatic nitrogens is 4. The number of nitrogen functional groups attached to an aromatic ring is 1. The van der Waals surface area contributed by atoms with Crippen LogP contribution in [0.25, 0.3) is 11.0 Å². The Bertz CT molecular complexity index is 864. The molecule has 0 saturated heterocycles. The van der Waals surface area contributed by atoms with E-state index < -0.39 is 0 Å². The third-order valence-corrected chi connectivity index (χ3v) is 3.26. The molecule has 0 aliphatic carbocycles. The van der Waals surface area contributed by atoms with Crippen LogP contribution in [0, 0.1) is 11.3 Å². The van der Waals surface area contributed by atoms with Gasteiger partial charge in [-0.1, -0.05) is 0 Å². The van der Waals surface area contributed by atoms with E-state index in [1.807, 2.05) is 0 Å². The second kappa shape index (κ2) is 6.19. The molecule has 23 heavy (non-hydrogen) atoms. The van der Waals surface area contributed by atoms with Crippen LogP contribution in [0.2, 0.25) is 0 Å². The van der Waals surface area contributed by atoms with Gasteiger partial charge in [0.1, 0.15) is 18.2 Å². The van der Waals surface area contributed by atoms with E-state index in [9.17, 15) is 0 Å². The Kier molecular flexibility index (Phi) is 3.93. The quantitative estimate of drug-likeness (QED) is 0.683. The van der Waals surface area contributed by atoms with Crippen molar-refractivity contribution in [2.45, 2.75) is 0 Å². The summed E-state index contributed by atoms with van der Waals surface area (Å²) in [7, 11) is 1.80. The lowest BCUT2D eigenvalue weighted by Gasteiger charge is -2.08. The molecule has 8 nitrogen and oxygen atoms in total. The Hall–Kier alpha value is -3.34. The minimum absolute atomic E-state index is 0.388. The van der Waals surface area contributed by atoms with Crippen molar-refractivity contribution in [3.05, 3.63) is 36.0 Å². The smallest absolute Gasteiger partial charge is 0.226 e. The number of fused-ring (bicyclic) bond motifs is 1. The maximum Gasteiger partial charge on any atom is 0.226 e. The highest BCUT2D eigenvalue weighted by molar-refractivity contribution is 5.86. The summed E-state index contributed by atoms with van der Waals surface area (Å²) in [5.74, 6) is 1.52. The number of aryl methyl sites for hydroxylation is 1. The van der Waals surface area contributed by atoms with E-state index in [2.05, 4.69) is 26.5 Å². The van der Waals surface area contributed by atoms with Gasteiger partial charge in [-0.3, -0.25) is 4.68 Å². The second-order valence-electron chi connectivity index (χ2n) is 4.85. The molecule has 116 valence electrons. The molecule has 3 N–H and O–H groups in total. The number of rotatable bonds is 5. The van der Waals surface area contributed by atoms with Gasteiger partial charge in [-0.2, -0.15) is 20.3 Å². The van der Waals surface area contributed by atoms with Crippen LogP contribution in [-0.4, -0.2) is 32.9 Å². The van der Waals surface area contributed by atoms with Crippen LogP contribution in [0.5, 0.6) is 5.75 Å². The molecular weight excluding hydrogens is 294 g/mol. The summed E-state index contributed by atoms with van der Waals surface area (Å²) in [6, 6.07) is 9.00. The Labute approximate surface area is 132 Å². The molecule has 0 saturated carbocycles. The number of hydrogen-bond acceptors (Lipinski definition) is 7. The average Bonchev–Trinajstić information content (AvgIpc) is 2.94. The molecule has 2 heterocycles. The molecule has 0 fully saturated rings. The first-order valence-electron chi connectivity index (χ1n) is 6.99. The fourth-order valence-corrected chi connectivity index (χ4v) is 2.08. The number of anilines is 2. The van der Waals surface area contributed by atoms with Crippen molar-refractivity contribution >= 4 is 22.8 Å². The monoisotopic (exact) mass is 309 g/mol. The molecule has 0 radical (unpaired) electrons. The van der Waals surface area contributed by atoms with Crippen molar-refractivity contribution in [1.82, 2.24) is 19.7 Å². The molecule has 0 atom stereocenters. The summed E-state index contributed by atoms with van der Waals surface area (Å²) >= 11 is 0. The van der Waals surface area contributed by atoms with Crippen LogP contribution in [-0.2, 0) is 7.05 Å².